The highest BCUT2D eigenvalue weighted by molar-refractivity contribution is 9.10. The largest absolute Gasteiger partial charge is 0.496 e. The second-order valence-electron chi connectivity index (χ2n) is 11.3. The maximum atomic E-state index is 14.6. The van der Waals surface area contributed by atoms with Crippen molar-refractivity contribution < 1.29 is 22.7 Å². The number of ether oxygens (including phenoxy) is 1. The van der Waals surface area contributed by atoms with E-state index >= 15 is 0 Å². The normalized spacial score (nSPS) is 12.6. The molecule has 0 aliphatic rings. The first kappa shape index (κ1) is 36.2. The van der Waals surface area contributed by atoms with Gasteiger partial charge in [0.2, 0.25) is 11.8 Å². The summed E-state index contributed by atoms with van der Waals surface area (Å²) in [5, 5.41) is 3.06. The van der Waals surface area contributed by atoms with E-state index in [4.69, 9.17) is 4.74 Å². The molecule has 0 aromatic heterocycles. The van der Waals surface area contributed by atoms with Gasteiger partial charge in [-0.3, -0.25) is 13.9 Å². The van der Waals surface area contributed by atoms with Crippen LogP contribution in [0.2, 0.25) is 0 Å². The van der Waals surface area contributed by atoms with Gasteiger partial charge in [0.25, 0.3) is 10.0 Å². The fourth-order valence-corrected chi connectivity index (χ4v) is 7.35. The Morgan fingerprint density at radius 3 is 2.15 bits per heavy atom. The van der Waals surface area contributed by atoms with Crippen LogP contribution in [-0.2, 0) is 32.6 Å². The lowest BCUT2D eigenvalue weighted by Gasteiger charge is -2.34. The minimum absolute atomic E-state index is 0.0200. The zero-order valence-corrected chi connectivity index (χ0v) is 30.8. The van der Waals surface area contributed by atoms with E-state index in [1.54, 1.807) is 30.3 Å². The first-order valence-electron chi connectivity index (χ1n) is 15.2. The zero-order valence-electron chi connectivity index (χ0n) is 26.8. The van der Waals surface area contributed by atoms with Crippen LogP contribution in [0.15, 0.2) is 111 Å². The fraction of sp³-hybridized carbons (Fsp3) is 0.278. The number of carbonyl (C=O) groups is 2. The Labute approximate surface area is 294 Å². The minimum atomic E-state index is -4.26. The van der Waals surface area contributed by atoms with Gasteiger partial charge in [0.1, 0.15) is 18.3 Å². The molecule has 2 amide bonds. The molecule has 2 unspecified atom stereocenters. The number of sulfonamides is 1. The first-order chi connectivity index (χ1) is 22.4. The smallest absolute Gasteiger partial charge is 0.264 e. The van der Waals surface area contributed by atoms with Crippen LogP contribution in [0.4, 0.5) is 5.69 Å². The van der Waals surface area contributed by atoms with Crippen molar-refractivity contribution in [3.8, 4) is 5.75 Å². The predicted molar refractivity (Wildman–Crippen MR) is 193 cm³/mol. The number of hydrogen-bond acceptors (Lipinski definition) is 5. The number of aryl methyl sites for hydroxylation is 1. The summed E-state index contributed by atoms with van der Waals surface area (Å²) >= 11 is 6.86. The number of nitrogens with zero attached hydrogens (tertiary/aromatic N) is 2. The Hall–Kier alpha value is -3.67. The number of halogens is 2. The number of methoxy groups -OCH3 is 1. The molecule has 0 saturated carbocycles. The number of nitrogens with one attached hydrogen (secondary N) is 1. The topological polar surface area (TPSA) is 96.0 Å². The summed E-state index contributed by atoms with van der Waals surface area (Å²) in [6.07, 6.45) is 0.954. The van der Waals surface area contributed by atoms with E-state index in [0.717, 1.165) is 25.5 Å². The molecule has 0 radical (unpaired) electrons. The van der Waals surface area contributed by atoms with Gasteiger partial charge < -0.3 is 15.0 Å². The Morgan fingerprint density at radius 1 is 0.894 bits per heavy atom. The number of anilines is 1. The summed E-state index contributed by atoms with van der Waals surface area (Å²) < 4.78 is 36.4. The third kappa shape index (κ3) is 9.46. The number of carbonyl (C=O) groups excluding carboxylic acids is 2. The van der Waals surface area contributed by atoms with Crippen molar-refractivity contribution in [2.45, 2.75) is 57.1 Å². The molecule has 0 heterocycles. The zero-order chi connectivity index (χ0) is 34.1. The molecule has 0 saturated heterocycles. The van der Waals surface area contributed by atoms with Gasteiger partial charge in [-0.2, -0.15) is 0 Å². The van der Waals surface area contributed by atoms with Crippen molar-refractivity contribution in [1.82, 2.24) is 10.2 Å². The lowest BCUT2D eigenvalue weighted by Crippen LogP contribution is -2.54. The molecule has 0 spiro atoms. The maximum Gasteiger partial charge on any atom is 0.264 e. The van der Waals surface area contributed by atoms with Gasteiger partial charge in [0.05, 0.1) is 22.2 Å². The fourth-order valence-electron chi connectivity index (χ4n) is 4.96. The van der Waals surface area contributed by atoms with Crippen LogP contribution in [0.25, 0.3) is 0 Å². The molecule has 2 atom stereocenters. The van der Waals surface area contributed by atoms with Gasteiger partial charge in [-0.15, -0.1) is 0 Å². The van der Waals surface area contributed by atoms with Crippen molar-refractivity contribution >= 4 is 59.4 Å². The number of hydrogen-bond donors (Lipinski definition) is 1. The molecule has 4 rings (SSSR count). The van der Waals surface area contributed by atoms with Crippen molar-refractivity contribution in [3.05, 3.63) is 123 Å². The molecule has 0 fully saturated rings. The van der Waals surface area contributed by atoms with Crippen LogP contribution in [0.3, 0.4) is 0 Å². The van der Waals surface area contributed by atoms with Gasteiger partial charge in [-0.25, -0.2) is 8.42 Å². The van der Waals surface area contributed by atoms with E-state index in [1.807, 2.05) is 75.4 Å². The molecule has 8 nitrogen and oxygen atoms in total. The summed E-state index contributed by atoms with van der Waals surface area (Å²) in [5.74, 6) is -0.360. The third-order valence-corrected chi connectivity index (χ3v) is 10.8. The van der Waals surface area contributed by atoms with E-state index in [0.29, 0.717) is 22.3 Å². The monoisotopic (exact) mass is 783 g/mol. The van der Waals surface area contributed by atoms with Crippen LogP contribution in [0.5, 0.6) is 5.75 Å². The summed E-state index contributed by atoms with van der Waals surface area (Å²) in [6, 6.07) is 27.3. The lowest BCUT2D eigenvalue weighted by atomic mass is 10.0. The van der Waals surface area contributed by atoms with Crippen LogP contribution in [-0.4, -0.2) is 50.9 Å². The van der Waals surface area contributed by atoms with E-state index in [-0.39, 0.29) is 29.8 Å². The lowest BCUT2D eigenvalue weighted by molar-refractivity contribution is -0.140. The summed E-state index contributed by atoms with van der Waals surface area (Å²) in [6.45, 7) is 5.35. The van der Waals surface area contributed by atoms with Crippen LogP contribution < -0.4 is 14.4 Å². The van der Waals surface area contributed by atoms with Crippen molar-refractivity contribution in [2.75, 3.05) is 18.0 Å². The Bertz CT molecular complexity index is 1770. The van der Waals surface area contributed by atoms with Crippen LogP contribution in [0, 0.1) is 6.92 Å². The van der Waals surface area contributed by atoms with E-state index < -0.39 is 28.5 Å². The summed E-state index contributed by atoms with van der Waals surface area (Å²) in [5.41, 5.74) is 2.92. The molecule has 1 N–H and O–H groups in total. The van der Waals surface area contributed by atoms with Gasteiger partial charge >= 0.3 is 0 Å². The second-order valence-corrected chi connectivity index (χ2v) is 14.9. The molecule has 248 valence electrons. The minimum Gasteiger partial charge on any atom is -0.496 e. The van der Waals surface area contributed by atoms with Gasteiger partial charge in [-0.1, -0.05) is 83.0 Å². The molecular weight excluding hydrogens is 746 g/mol. The van der Waals surface area contributed by atoms with Gasteiger partial charge in [-0.05, 0) is 89.8 Å². The average molecular weight is 786 g/mol. The Balaban J connectivity index is 1.81. The van der Waals surface area contributed by atoms with Crippen LogP contribution >= 0.6 is 31.9 Å². The molecule has 4 aromatic rings. The first-order valence-corrected chi connectivity index (χ1v) is 18.3. The average Bonchev–Trinajstić information content (AvgIpc) is 3.06. The van der Waals surface area contributed by atoms with E-state index in [2.05, 4.69) is 37.2 Å². The second kappa shape index (κ2) is 16.4. The van der Waals surface area contributed by atoms with Gasteiger partial charge in [0.15, 0.2) is 0 Å². The van der Waals surface area contributed by atoms with Crippen LogP contribution in [0.1, 0.15) is 37.0 Å². The molecule has 4 aromatic carbocycles. The quantitative estimate of drug-likeness (QED) is 0.145. The standard InChI is InChI=1S/C36H39Br2N3O5S/c1-5-26(3)39-36(43)33(21-27-9-7-6-8-10-27)40(23-28-13-15-29(37)16-14-28)35(42)24-41(30-17-11-25(2)12-18-30)47(44,45)31-19-20-34(46-4)32(38)22-31/h6-20,22,26,33H,5,21,23-24H2,1-4H3,(H,39,43). The van der Waals surface area contributed by atoms with Crippen molar-refractivity contribution in [1.29, 1.82) is 0 Å². The number of benzene rings is 4. The van der Waals surface area contributed by atoms with Gasteiger partial charge in [0, 0.05) is 23.5 Å². The Kier molecular flexibility index (Phi) is 12.6. The van der Waals surface area contributed by atoms with Crippen molar-refractivity contribution in [3.63, 3.8) is 0 Å². The molecule has 0 aliphatic carbocycles. The molecule has 0 bridgehead atoms. The molecule has 11 heteroatoms. The highest BCUT2D eigenvalue weighted by Gasteiger charge is 2.35. The molecule has 0 aliphatic heterocycles. The maximum absolute atomic E-state index is 14.6. The molecular formula is C36H39Br2N3O5S. The van der Waals surface area contributed by atoms with Crippen molar-refractivity contribution in [2.24, 2.45) is 0 Å². The summed E-state index contributed by atoms with van der Waals surface area (Å²) in [7, 11) is -2.76. The summed E-state index contributed by atoms with van der Waals surface area (Å²) in [4.78, 5) is 30.0. The number of rotatable bonds is 14. The highest BCUT2D eigenvalue weighted by atomic mass is 79.9. The Morgan fingerprint density at radius 2 is 1.55 bits per heavy atom. The van der Waals surface area contributed by atoms with E-state index in [1.165, 1.54) is 24.1 Å². The SMILES string of the molecule is CCC(C)NC(=O)C(Cc1ccccc1)N(Cc1ccc(Br)cc1)C(=O)CN(c1ccc(C)cc1)S(=O)(=O)c1ccc(OC)c(Br)c1. The predicted octanol–water partition coefficient (Wildman–Crippen LogP) is 7.28. The number of amides is 2. The molecule has 47 heavy (non-hydrogen) atoms. The third-order valence-electron chi connectivity index (χ3n) is 7.85. The highest BCUT2D eigenvalue weighted by Crippen LogP contribution is 2.31. The van der Waals surface area contributed by atoms with E-state index in [9.17, 15) is 18.0 Å².